The first-order valence-corrected chi connectivity index (χ1v) is 8.16. The van der Waals surface area contributed by atoms with Gasteiger partial charge in [-0.25, -0.2) is 4.68 Å². The molecule has 1 aliphatic heterocycles. The fourth-order valence-corrected chi connectivity index (χ4v) is 3.31. The van der Waals surface area contributed by atoms with Gasteiger partial charge in [0.1, 0.15) is 0 Å². The topological polar surface area (TPSA) is 50.2 Å². The lowest BCUT2D eigenvalue weighted by Gasteiger charge is -2.16. The number of rotatable bonds is 4. The van der Waals surface area contributed by atoms with Gasteiger partial charge < -0.3 is 10.2 Å². The van der Waals surface area contributed by atoms with Gasteiger partial charge in [0, 0.05) is 13.1 Å². The Balaban J connectivity index is 0.00000208. The molecule has 1 aromatic heterocycles. The van der Waals surface area contributed by atoms with E-state index >= 15 is 0 Å². The molecule has 5 nitrogen and oxygen atoms in total. The van der Waals surface area contributed by atoms with Gasteiger partial charge in [0.05, 0.1) is 23.1 Å². The van der Waals surface area contributed by atoms with Crippen molar-refractivity contribution in [1.82, 2.24) is 20.0 Å². The maximum absolute atomic E-state index is 12.8. The van der Waals surface area contributed by atoms with E-state index in [0.717, 1.165) is 43.0 Å². The van der Waals surface area contributed by atoms with Crippen molar-refractivity contribution >= 4 is 18.3 Å². The zero-order valence-electron chi connectivity index (χ0n) is 14.5. The summed E-state index contributed by atoms with van der Waals surface area (Å²) in [5.74, 6) is 0.650. The molecule has 1 N–H and O–H groups in total. The van der Waals surface area contributed by atoms with Gasteiger partial charge in [-0.2, -0.15) is 5.10 Å². The molecule has 0 bridgehead atoms. The summed E-state index contributed by atoms with van der Waals surface area (Å²) in [6, 6.07) is 8.09. The number of halogens is 1. The van der Waals surface area contributed by atoms with Gasteiger partial charge in [0.15, 0.2) is 0 Å². The molecule has 1 saturated heterocycles. The fraction of sp³-hybridized carbons (Fsp3) is 0.444. The minimum atomic E-state index is 0. The Hall–Kier alpha value is -1.85. The van der Waals surface area contributed by atoms with Crippen LogP contribution in [0.4, 0.5) is 0 Å². The van der Waals surface area contributed by atoms with E-state index in [2.05, 4.69) is 23.4 Å². The van der Waals surface area contributed by atoms with Gasteiger partial charge in [-0.15, -0.1) is 12.4 Å². The van der Waals surface area contributed by atoms with Crippen LogP contribution >= 0.6 is 12.4 Å². The first-order chi connectivity index (χ1) is 11.1. The molecule has 0 radical (unpaired) electrons. The maximum Gasteiger partial charge on any atom is 0.257 e. The van der Waals surface area contributed by atoms with Crippen LogP contribution in [-0.2, 0) is 0 Å². The van der Waals surface area contributed by atoms with Crippen molar-refractivity contribution in [3.8, 4) is 5.69 Å². The number of benzene rings is 1. The number of nitrogens with one attached hydrogen (secondary N) is 1. The van der Waals surface area contributed by atoms with E-state index < -0.39 is 0 Å². The number of amides is 1. The molecule has 0 spiro atoms. The minimum Gasteiger partial charge on any atom is -0.338 e. The molecule has 1 aromatic carbocycles. The van der Waals surface area contributed by atoms with Gasteiger partial charge in [-0.3, -0.25) is 4.79 Å². The van der Waals surface area contributed by atoms with Gasteiger partial charge in [-0.05, 0) is 51.4 Å². The molecule has 1 amide bonds. The summed E-state index contributed by atoms with van der Waals surface area (Å²) in [6.07, 6.45) is 2.77. The third-order valence-electron chi connectivity index (χ3n) is 4.65. The van der Waals surface area contributed by atoms with E-state index in [1.165, 1.54) is 0 Å². The molecule has 1 atom stereocenters. The van der Waals surface area contributed by atoms with Gasteiger partial charge in [-0.1, -0.05) is 18.2 Å². The highest BCUT2D eigenvalue weighted by Gasteiger charge is 2.28. The van der Waals surface area contributed by atoms with Gasteiger partial charge >= 0.3 is 0 Å². The molecule has 24 heavy (non-hydrogen) atoms. The molecule has 3 rings (SSSR count). The Bertz CT molecular complexity index is 713. The van der Waals surface area contributed by atoms with Crippen LogP contribution in [0, 0.1) is 19.8 Å². The monoisotopic (exact) mass is 348 g/mol. The molecular weight excluding hydrogens is 324 g/mol. The Kier molecular flexibility index (Phi) is 6.02. The van der Waals surface area contributed by atoms with Crippen LogP contribution < -0.4 is 5.32 Å². The Morgan fingerprint density at radius 1 is 1.33 bits per heavy atom. The first-order valence-electron chi connectivity index (χ1n) is 8.16. The number of para-hydroxylation sites is 1. The average Bonchev–Trinajstić information content (AvgIpc) is 3.15. The van der Waals surface area contributed by atoms with E-state index in [-0.39, 0.29) is 18.3 Å². The van der Waals surface area contributed by atoms with E-state index in [4.69, 9.17) is 0 Å². The van der Waals surface area contributed by atoms with Crippen molar-refractivity contribution in [3.05, 3.63) is 47.3 Å². The van der Waals surface area contributed by atoms with Crippen molar-refractivity contribution < 1.29 is 4.79 Å². The number of carbonyl (C=O) groups is 1. The highest BCUT2D eigenvalue weighted by molar-refractivity contribution is 5.95. The summed E-state index contributed by atoms with van der Waals surface area (Å²) in [7, 11) is 1.96. The third kappa shape index (κ3) is 3.47. The number of nitrogens with zero attached hydrogens (tertiary/aromatic N) is 3. The standard InChI is InChI=1S/C18H24N4O.ClH/c1-13-6-4-5-7-17(13)22-14(2)16(11-20-22)18(23)21-9-8-15(12-21)10-19-3;/h4-7,11,15,19H,8-10,12H2,1-3H3;1H. The highest BCUT2D eigenvalue weighted by atomic mass is 35.5. The molecule has 6 heteroatoms. The summed E-state index contributed by atoms with van der Waals surface area (Å²) >= 11 is 0. The number of aryl methyl sites for hydroxylation is 1. The Morgan fingerprint density at radius 3 is 2.79 bits per heavy atom. The smallest absolute Gasteiger partial charge is 0.257 e. The second kappa shape index (κ2) is 7.81. The fourth-order valence-electron chi connectivity index (χ4n) is 3.31. The number of likely N-dealkylation sites (tertiary alicyclic amines) is 1. The third-order valence-corrected chi connectivity index (χ3v) is 4.65. The zero-order chi connectivity index (χ0) is 16.4. The van der Waals surface area contributed by atoms with Crippen LogP contribution in [0.1, 0.15) is 28.0 Å². The molecular formula is C18H25ClN4O. The number of hydrogen-bond donors (Lipinski definition) is 1. The summed E-state index contributed by atoms with van der Waals surface area (Å²) < 4.78 is 1.86. The molecule has 1 unspecified atom stereocenters. The Labute approximate surface area is 149 Å². The van der Waals surface area contributed by atoms with E-state index in [0.29, 0.717) is 11.5 Å². The van der Waals surface area contributed by atoms with Crippen molar-refractivity contribution in [2.24, 2.45) is 5.92 Å². The predicted molar refractivity (Wildman–Crippen MR) is 98.2 cm³/mol. The summed E-state index contributed by atoms with van der Waals surface area (Å²) in [6.45, 7) is 6.65. The second-order valence-electron chi connectivity index (χ2n) is 6.31. The summed E-state index contributed by atoms with van der Waals surface area (Å²) in [5, 5.41) is 7.65. The SMILES string of the molecule is CNCC1CCN(C(=O)c2cnn(-c3ccccc3C)c2C)C1.Cl. The lowest BCUT2D eigenvalue weighted by Crippen LogP contribution is -2.30. The summed E-state index contributed by atoms with van der Waals surface area (Å²) in [4.78, 5) is 14.8. The van der Waals surface area contributed by atoms with E-state index in [1.807, 2.05) is 41.8 Å². The van der Waals surface area contributed by atoms with Crippen molar-refractivity contribution in [1.29, 1.82) is 0 Å². The van der Waals surface area contributed by atoms with Crippen molar-refractivity contribution in [2.45, 2.75) is 20.3 Å². The zero-order valence-corrected chi connectivity index (χ0v) is 15.3. The molecule has 130 valence electrons. The average molecular weight is 349 g/mol. The number of carbonyl (C=O) groups excluding carboxylic acids is 1. The molecule has 0 saturated carbocycles. The van der Waals surface area contributed by atoms with Gasteiger partial charge in [0.2, 0.25) is 0 Å². The van der Waals surface area contributed by atoms with Crippen LogP contribution in [0.25, 0.3) is 5.69 Å². The predicted octanol–water partition coefficient (Wildman–Crippen LogP) is 2.59. The molecule has 2 aromatic rings. The molecule has 2 heterocycles. The number of hydrogen-bond acceptors (Lipinski definition) is 3. The minimum absolute atomic E-state index is 0. The van der Waals surface area contributed by atoms with Crippen LogP contribution in [-0.4, -0.2) is 47.3 Å². The summed E-state index contributed by atoms with van der Waals surface area (Å²) in [5.41, 5.74) is 3.78. The van der Waals surface area contributed by atoms with Crippen LogP contribution in [0.2, 0.25) is 0 Å². The van der Waals surface area contributed by atoms with E-state index in [9.17, 15) is 4.79 Å². The highest BCUT2D eigenvalue weighted by Crippen LogP contribution is 2.22. The quantitative estimate of drug-likeness (QED) is 0.924. The Morgan fingerprint density at radius 2 is 2.08 bits per heavy atom. The number of aromatic nitrogens is 2. The maximum atomic E-state index is 12.8. The second-order valence-corrected chi connectivity index (χ2v) is 6.31. The van der Waals surface area contributed by atoms with E-state index in [1.54, 1.807) is 6.20 Å². The lowest BCUT2D eigenvalue weighted by atomic mass is 10.1. The molecule has 1 aliphatic rings. The molecule has 1 fully saturated rings. The van der Waals surface area contributed by atoms with Gasteiger partial charge in [0.25, 0.3) is 5.91 Å². The van der Waals surface area contributed by atoms with Crippen molar-refractivity contribution in [3.63, 3.8) is 0 Å². The largest absolute Gasteiger partial charge is 0.338 e. The first kappa shape index (κ1) is 18.5. The molecule has 0 aliphatic carbocycles. The van der Waals surface area contributed by atoms with Crippen LogP contribution in [0.5, 0.6) is 0 Å². The normalized spacial score (nSPS) is 17.0. The van der Waals surface area contributed by atoms with Crippen LogP contribution in [0.3, 0.4) is 0 Å². The lowest BCUT2D eigenvalue weighted by molar-refractivity contribution is 0.0786. The van der Waals surface area contributed by atoms with Crippen LogP contribution in [0.15, 0.2) is 30.5 Å². The van der Waals surface area contributed by atoms with Crippen molar-refractivity contribution in [2.75, 3.05) is 26.7 Å².